The Morgan fingerprint density at radius 3 is 2.34 bits per heavy atom. The summed E-state index contributed by atoms with van der Waals surface area (Å²) in [6.07, 6.45) is 4.99. The lowest BCUT2D eigenvalue weighted by atomic mass is 10.2. The largest absolute Gasteiger partial charge is 0.497 e. The Labute approximate surface area is 227 Å². The molecule has 0 saturated carbocycles. The van der Waals surface area contributed by atoms with E-state index in [4.69, 9.17) is 9.15 Å². The number of unbranched alkanes of at least 4 members (excludes halogenated alkanes) is 2. The van der Waals surface area contributed by atoms with Crippen molar-refractivity contribution in [2.45, 2.75) is 51.0 Å². The van der Waals surface area contributed by atoms with E-state index in [9.17, 15) is 13.2 Å². The van der Waals surface area contributed by atoms with Gasteiger partial charge in [0, 0.05) is 18.7 Å². The van der Waals surface area contributed by atoms with Crippen LogP contribution in [0.15, 0.2) is 70.2 Å². The van der Waals surface area contributed by atoms with Crippen molar-refractivity contribution >= 4 is 42.6 Å². The molecule has 0 aliphatic heterocycles. The van der Waals surface area contributed by atoms with Gasteiger partial charge in [-0.25, -0.2) is 13.4 Å². The molecule has 0 bridgehead atoms. The Balaban J connectivity index is 1.63. The molecular formula is C28H33N3O5S2. The first kappa shape index (κ1) is 27.8. The summed E-state index contributed by atoms with van der Waals surface area (Å²) in [6, 6.07) is 15.3. The molecule has 0 aliphatic rings. The molecule has 38 heavy (non-hydrogen) atoms. The normalized spacial score (nSPS) is 11.8. The summed E-state index contributed by atoms with van der Waals surface area (Å²) in [4.78, 5) is 20.1. The number of nitrogens with zero attached hydrogens (tertiary/aromatic N) is 3. The molecule has 0 atom stereocenters. The summed E-state index contributed by atoms with van der Waals surface area (Å²) < 4.78 is 40.0. The molecule has 2 aromatic heterocycles. The quantitative estimate of drug-likeness (QED) is 0.191. The number of carbonyl (C=O) groups excluding carboxylic acids is 1. The first-order chi connectivity index (χ1) is 18.4. The molecule has 202 valence electrons. The van der Waals surface area contributed by atoms with Crippen molar-refractivity contribution in [3.8, 4) is 5.75 Å². The SMILES string of the molecule is CCCCN(CCCC)S(=O)(=O)c1ccc(C(=O)N(Cc2ccco2)c2nc3ccc(OC)cc3s2)cc1. The fourth-order valence-electron chi connectivity index (χ4n) is 4.02. The highest BCUT2D eigenvalue weighted by Crippen LogP contribution is 2.33. The highest BCUT2D eigenvalue weighted by molar-refractivity contribution is 7.89. The molecule has 8 nitrogen and oxygen atoms in total. The Morgan fingerprint density at radius 2 is 1.74 bits per heavy atom. The molecule has 10 heteroatoms. The van der Waals surface area contributed by atoms with Crippen molar-refractivity contribution < 1.29 is 22.4 Å². The summed E-state index contributed by atoms with van der Waals surface area (Å²) >= 11 is 1.38. The van der Waals surface area contributed by atoms with Crippen LogP contribution in [0.5, 0.6) is 5.75 Å². The van der Waals surface area contributed by atoms with Crippen molar-refractivity contribution in [2.75, 3.05) is 25.1 Å². The highest BCUT2D eigenvalue weighted by Gasteiger charge is 2.26. The van der Waals surface area contributed by atoms with Gasteiger partial charge in [0.1, 0.15) is 11.5 Å². The number of benzene rings is 2. The fourth-order valence-corrected chi connectivity index (χ4v) is 6.52. The topological polar surface area (TPSA) is 93.0 Å². The second-order valence-corrected chi connectivity index (χ2v) is 11.9. The molecule has 0 unspecified atom stereocenters. The van der Waals surface area contributed by atoms with Crippen LogP contribution in [0, 0.1) is 0 Å². The van der Waals surface area contributed by atoms with Gasteiger partial charge >= 0.3 is 0 Å². The number of fused-ring (bicyclic) bond motifs is 1. The molecule has 4 aromatic rings. The van der Waals surface area contributed by atoms with Gasteiger partial charge in [-0.1, -0.05) is 38.0 Å². The molecule has 2 heterocycles. The van der Waals surface area contributed by atoms with Crippen LogP contribution in [-0.4, -0.2) is 43.8 Å². The number of rotatable bonds is 13. The van der Waals surface area contributed by atoms with E-state index in [0.717, 1.165) is 35.9 Å². The van der Waals surface area contributed by atoms with Crippen LogP contribution in [-0.2, 0) is 16.6 Å². The van der Waals surface area contributed by atoms with Crippen molar-refractivity contribution in [1.29, 1.82) is 0 Å². The van der Waals surface area contributed by atoms with Crippen molar-refractivity contribution in [1.82, 2.24) is 9.29 Å². The van der Waals surface area contributed by atoms with E-state index in [2.05, 4.69) is 4.98 Å². The molecule has 0 saturated heterocycles. The number of hydrogen-bond donors (Lipinski definition) is 0. The molecule has 2 aromatic carbocycles. The van der Waals surface area contributed by atoms with E-state index in [1.807, 2.05) is 32.0 Å². The standard InChI is InChI=1S/C28H33N3O5S2/c1-4-6-16-30(17-7-5-2)38(33,34)24-13-10-21(11-14-24)27(32)31(20-23-9-8-18-36-23)28-29-25-15-12-22(35-3)19-26(25)37-28/h8-15,18-19H,4-7,16-17,20H2,1-3H3. The van der Waals surface area contributed by atoms with Gasteiger partial charge in [0.15, 0.2) is 5.13 Å². The number of ether oxygens (including phenoxy) is 1. The molecular weight excluding hydrogens is 522 g/mol. The van der Waals surface area contributed by atoms with Crippen molar-refractivity contribution in [3.63, 3.8) is 0 Å². The molecule has 1 amide bonds. The first-order valence-electron chi connectivity index (χ1n) is 12.8. The lowest BCUT2D eigenvalue weighted by Crippen LogP contribution is -2.33. The number of aromatic nitrogens is 1. The lowest BCUT2D eigenvalue weighted by molar-refractivity contribution is 0.0983. The van der Waals surface area contributed by atoms with Crippen molar-refractivity contribution in [2.24, 2.45) is 0 Å². The maximum Gasteiger partial charge on any atom is 0.260 e. The van der Waals surface area contributed by atoms with Crippen LogP contribution in [0.1, 0.15) is 55.6 Å². The zero-order chi connectivity index (χ0) is 27.1. The summed E-state index contributed by atoms with van der Waals surface area (Å²) in [5.41, 5.74) is 1.12. The minimum atomic E-state index is -3.65. The third kappa shape index (κ3) is 6.25. The van der Waals surface area contributed by atoms with Crippen LogP contribution in [0.3, 0.4) is 0 Å². The zero-order valence-corrected chi connectivity index (χ0v) is 23.6. The van der Waals surface area contributed by atoms with Crippen LogP contribution < -0.4 is 9.64 Å². The number of carbonyl (C=O) groups is 1. The fraction of sp³-hybridized carbons (Fsp3) is 0.357. The molecule has 0 fully saturated rings. The number of methoxy groups -OCH3 is 1. The Morgan fingerprint density at radius 1 is 1.03 bits per heavy atom. The average molecular weight is 556 g/mol. The third-order valence-electron chi connectivity index (χ3n) is 6.22. The van der Waals surface area contributed by atoms with Gasteiger partial charge in [0.2, 0.25) is 10.0 Å². The second-order valence-electron chi connectivity index (χ2n) is 8.94. The number of furan rings is 1. The number of amides is 1. The summed E-state index contributed by atoms with van der Waals surface area (Å²) in [5, 5.41) is 0.511. The minimum absolute atomic E-state index is 0.185. The number of thiazole rings is 1. The molecule has 4 rings (SSSR count). The Bertz CT molecular complexity index is 1440. The average Bonchev–Trinajstić information content (AvgIpc) is 3.60. The van der Waals surface area contributed by atoms with Crippen molar-refractivity contribution in [3.05, 3.63) is 72.2 Å². The van der Waals surface area contributed by atoms with Gasteiger partial charge in [-0.15, -0.1) is 0 Å². The lowest BCUT2D eigenvalue weighted by Gasteiger charge is -2.22. The van der Waals surface area contributed by atoms with Gasteiger partial charge in [0.05, 0.1) is 35.0 Å². The smallest absolute Gasteiger partial charge is 0.260 e. The highest BCUT2D eigenvalue weighted by atomic mass is 32.2. The van der Waals surface area contributed by atoms with Crippen LogP contribution in [0.4, 0.5) is 5.13 Å². The Hall–Kier alpha value is -3.21. The first-order valence-corrected chi connectivity index (χ1v) is 15.0. The predicted octanol–water partition coefficient (Wildman–Crippen LogP) is 6.34. The molecule has 0 radical (unpaired) electrons. The van der Waals surface area contributed by atoms with Gasteiger partial charge in [0.25, 0.3) is 5.91 Å². The van der Waals surface area contributed by atoms with E-state index in [-0.39, 0.29) is 17.3 Å². The number of sulfonamides is 1. The van der Waals surface area contributed by atoms with Gasteiger partial charge < -0.3 is 9.15 Å². The molecule has 0 aliphatic carbocycles. The van der Waals surface area contributed by atoms with E-state index in [1.54, 1.807) is 46.8 Å². The van der Waals surface area contributed by atoms with E-state index in [0.29, 0.717) is 35.3 Å². The monoisotopic (exact) mass is 555 g/mol. The number of anilines is 1. The van der Waals surface area contributed by atoms with E-state index in [1.165, 1.54) is 23.5 Å². The predicted molar refractivity (Wildman–Crippen MR) is 150 cm³/mol. The third-order valence-corrected chi connectivity index (χ3v) is 9.17. The summed E-state index contributed by atoms with van der Waals surface area (Å²) in [7, 11) is -2.05. The molecule has 0 N–H and O–H groups in total. The minimum Gasteiger partial charge on any atom is -0.497 e. The maximum atomic E-state index is 13.7. The Kier molecular flexibility index (Phi) is 9.19. The zero-order valence-electron chi connectivity index (χ0n) is 21.9. The van der Waals surface area contributed by atoms with Crippen LogP contribution in [0.2, 0.25) is 0 Å². The van der Waals surface area contributed by atoms with E-state index >= 15 is 0 Å². The van der Waals surface area contributed by atoms with Gasteiger partial charge in [-0.05, 0) is 67.4 Å². The second kappa shape index (κ2) is 12.6. The van der Waals surface area contributed by atoms with Gasteiger partial charge in [-0.3, -0.25) is 9.69 Å². The van der Waals surface area contributed by atoms with Crippen LogP contribution in [0.25, 0.3) is 10.2 Å². The summed E-state index contributed by atoms with van der Waals surface area (Å²) in [6.45, 7) is 5.24. The van der Waals surface area contributed by atoms with E-state index < -0.39 is 10.0 Å². The molecule has 0 spiro atoms. The van der Waals surface area contributed by atoms with Crippen LogP contribution >= 0.6 is 11.3 Å². The summed E-state index contributed by atoms with van der Waals surface area (Å²) in [5.74, 6) is 1.02. The van der Waals surface area contributed by atoms with Gasteiger partial charge in [-0.2, -0.15) is 4.31 Å². The maximum absolute atomic E-state index is 13.7. The number of hydrogen-bond acceptors (Lipinski definition) is 7.